The Hall–Kier alpha value is -1.32. The molecule has 1 heterocycles. The van der Waals surface area contributed by atoms with E-state index < -0.39 is 0 Å². The molecule has 0 saturated heterocycles. The predicted molar refractivity (Wildman–Crippen MR) is 72.7 cm³/mol. The summed E-state index contributed by atoms with van der Waals surface area (Å²) in [7, 11) is 1.69. The van der Waals surface area contributed by atoms with Crippen LogP contribution in [0.5, 0.6) is 5.75 Å². The topological polar surface area (TPSA) is 35.2 Å². The lowest BCUT2D eigenvalue weighted by atomic mass is 10.0. The van der Waals surface area contributed by atoms with Crippen molar-refractivity contribution in [2.45, 2.75) is 19.4 Å². The molecule has 0 fully saturated rings. The SMILES string of the molecule is COc1ccccc1CC(N)c1csc(C)c1. The Balaban J connectivity index is 2.15. The molecule has 1 atom stereocenters. The Morgan fingerprint density at radius 3 is 2.76 bits per heavy atom. The van der Waals surface area contributed by atoms with E-state index in [2.05, 4.69) is 24.4 Å². The van der Waals surface area contributed by atoms with Crippen LogP contribution in [0.15, 0.2) is 35.7 Å². The molecule has 2 N–H and O–H groups in total. The smallest absolute Gasteiger partial charge is 0.122 e. The van der Waals surface area contributed by atoms with Crippen molar-refractivity contribution in [3.8, 4) is 5.75 Å². The number of para-hydroxylation sites is 1. The summed E-state index contributed by atoms with van der Waals surface area (Å²) in [5.41, 5.74) is 8.58. The minimum Gasteiger partial charge on any atom is -0.496 e. The molecule has 2 nitrogen and oxygen atoms in total. The molecule has 2 rings (SSSR count). The third-order valence-corrected chi connectivity index (χ3v) is 3.69. The van der Waals surface area contributed by atoms with E-state index >= 15 is 0 Å². The highest BCUT2D eigenvalue weighted by Gasteiger charge is 2.11. The van der Waals surface area contributed by atoms with Gasteiger partial charge in [-0.1, -0.05) is 18.2 Å². The number of hydrogen-bond acceptors (Lipinski definition) is 3. The summed E-state index contributed by atoms with van der Waals surface area (Å²) in [4.78, 5) is 1.30. The molecule has 0 radical (unpaired) electrons. The highest BCUT2D eigenvalue weighted by atomic mass is 32.1. The van der Waals surface area contributed by atoms with Crippen molar-refractivity contribution in [3.05, 3.63) is 51.7 Å². The molecule has 17 heavy (non-hydrogen) atoms. The fourth-order valence-corrected chi connectivity index (χ4v) is 2.65. The third kappa shape index (κ3) is 2.87. The zero-order valence-corrected chi connectivity index (χ0v) is 11.0. The number of aryl methyl sites for hydroxylation is 1. The Kier molecular flexibility index (Phi) is 3.82. The van der Waals surface area contributed by atoms with Crippen LogP contribution < -0.4 is 10.5 Å². The van der Waals surface area contributed by atoms with Gasteiger partial charge in [0.1, 0.15) is 5.75 Å². The maximum absolute atomic E-state index is 6.22. The van der Waals surface area contributed by atoms with Gasteiger partial charge >= 0.3 is 0 Å². The zero-order valence-electron chi connectivity index (χ0n) is 10.1. The number of rotatable bonds is 4. The van der Waals surface area contributed by atoms with Gasteiger partial charge in [-0.25, -0.2) is 0 Å². The van der Waals surface area contributed by atoms with Gasteiger partial charge in [0.05, 0.1) is 7.11 Å². The lowest BCUT2D eigenvalue weighted by molar-refractivity contribution is 0.408. The number of thiophene rings is 1. The molecule has 0 aliphatic heterocycles. The molecular weight excluding hydrogens is 230 g/mol. The van der Waals surface area contributed by atoms with Gasteiger partial charge in [-0.2, -0.15) is 0 Å². The van der Waals surface area contributed by atoms with Crippen LogP contribution in [0.3, 0.4) is 0 Å². The van der Waals surface area contributed by atoms with Gasteiger partial charge in [-0.05, 0) is 42.0 Å². The molecule has 1 unspecified atom stereocenters. The van der Waals surface area contributed by atoms with Gasteiger partial charge in [0, 0.05) is 10.9 Å². The molecule has 1 aromatic heterocycles. The summed E-state index contributed by atoms with van der Waals surface area (Å²) in [5.74, 6) is 0.912. The molecule has 0 bridgehead atoms. The van der Waals surface area contributed by atoms with Crippen molar-refractivity contribution in [2.75, 3.05) is 7.11 Å². The summed E-state index contributed by atoms with van der Waals surface area (Å²) in [6, 6.07) is 10.2. The average Bonchev–Trinajstić information content (AvgIpc) is 2.77. The van der Waals surface area contributed by atoms with E-state index in [0.29, 0.717) is 0 Å². The summed E-state index contributed by atoms with van der Waals surface area (Å²) in [6.07, 6.45) is 0.806. The molecule has 0 spiro atoms. The Morgan fingerprint density at radius 2 is 2.12 bits per heavy atom. The van der Waals surface area contributed by atoms with Crippen molar-refractivity contribution in [2.24, 2.45) is 5.73 Å². The summed E-state index contributed by atoms with van der Waals surface area (Å²) in [5, 5.41) is 2.13. The Morgan fingerprint density at radius 1 is 1.35 bits per heavy atom. The highest BCUT2D eigenvalue weighted by Crippen LogP contribution is 2.25. The van der Waals surface area contributed by atoms with Gasteiger partial charge in [-0.15, -0.1) is 11.3 Å². The quantitative estimate of drug-likeness (QED) is 0.899. The first-order valence-electron chi connectivity index (χ1n) is 5.63. The third-order valence-electron chi connectivity index (χ3n) is 2.81. The van der Waals surface area contributed by atoms with E-state index in [0.717, 1.165) is 17.7 Å². The van der Waals surface area contributed by atoms with E-state index in [1.165, 1.54) is 10.4 Å². The molecular formula is C14H17NOS. The first-order valence-corrected chi connectivity index (χ1v) is 6.51. The molecule has 0 aliphatic rings. The number of nitrogens with two attached hydrogens (primary N) is 1. The van der Waals surface area contributed by atoms with Crippen molar-refractivity contribution in [3.63, 3.8) is 0 Å². The molecule has 0 aliphatic carbocycles. The van der Waals surface area contributed by atoms with E-state index in [1.807, 2.05) is 18.2 Å². The highest BCUT2D eigenvalue weighted by molar-refractivity contribution is 7.10. The average molecular weight is 247 g/mol. The fourth-order valence-electron chi connectivity index (χ4n) is 1.88. The van der Waals surface area contributed by atoms with E-state index in [-0.39, 0.29) is 6.04 Å². The number of methoxy groups -OCH3 is 1. The first kappa shape index (κ1) is 12.1. The summed E-state index contributed by atoms with van der Waals surface area (Å²) in [6.45, 7) is 2.10. The minimum absolute atomic E-state index is 0.0382. The van der Waals surface area contributed by atoms with Crippen molar-refractivity contribution < 1.29 is 4.74 Å². The van der Waals surface area contributed by atoms with Crippen molar-refractivity contribution >= 4 is 11.3 Å². The van der Waals surface area contributed by atoms with E-state index in [4.69, 9.17) is 10.5 Å². The standard InChI is InChI=1S/C14H17NOS/c1-10-7-12(9-17-10)13(15)8-11-5-3-4-6-14(11)16-2/h3-7,9,13H,8,15H2,1-2H3. The van der Waals surface area contributed by atoms with Crippen LogP contribution in [0.1, 0.15) is 22.0 Å². The zero-order chi connectivity index (χ0) is 12.3. The second kappa shape index (κ2) is 5.34. The molecule has 1 aromatic carbocycles. The van der Waals surface area contributed by atoms with Gasteiger partial charge in [0.25, 0.3) is 0 Å². The van der Waals surface area contributed by atoms with Crippen LogP contribution in [0.4, 0.5) is 0 Å². The molecule has 0 amide bonds. The molecule has 0 saturated carbocycles. The van der Waals surface area contributed by atoms with Crippen LogP contribution >= 0.6 is 11.3 Å². The van der Waals surface area contributed by atoms with Crippen LogP contribution in [0.2, 0.25) is 0 Å². The fraction of sp³-hybridized carbons (Fsp3) is 0.286. The summed E-state index contributed by atoms with van der Waals surface area (Å²) < 4.78 is 5.33. The molecule has 90 valence electrons. The van der Waals surface area contributed by atoms with Gasteiger partial charge in [-0.3, -0.25) is 0 Å². The van der Waals surface area contributed by atoms with Gasteiger partial charge in [0.15, 0.2) is 0 Å². The van der Waals surface area contributed by atoms with Gasteiger partial charge < -0.3 is 10.5 Å². The van der Waals surface area contributed by atoms with Crippen LogP contribution in [0, 0.1) is 6.92 Å². The second-order valence-corrected chi connectivity index (χ2v) is 5.23. The molecule has 3 heteroatoms. The second-order valence-electron chi connectivity index (χ2n) is 4.11. The van der Waals surface area contributed by atoms with Crippen LogP contribution in [0.25, 0.3) is 0 Å². The largest absolute Gasteiger partial charge is 0.496 e. The van der Waals surface area contributed by atoms with Crippen molar-refractivity contribution in [1.82, 2.24) is 0 Å². The van der Waals surface area contributed by atoms with E-state index in [1.54, 1.807) is 18.4 Å². The lowest BCUT2D eigenvalue weighted by Crippen LogP contribution is -2.13. The maximum Gasteiger partial charge on any atom is 0.122 e. The Labute approximate surface area is 106 Å². The minimum atomic E-state index is 0.0382. The van der Waals surface area contributed by atoms with Crippen LogP contribution in [-0.4, -0.2) is 7.11 Å². The monoisotopic (exact) mass is 247 g/mol. The number of benzene rings is 1. The lowest BCUT2D eigenvalue weighted by Gasteiger charge is -2.13. The van der Waals surface area contributed by atoms with E-state index in [9.17, 15) is 0 Å². The Bertz CT molecular complexity index is 492. The first-order chi connectivity index (χ1) is 8.20. The predicted octanol–water partition coefficient (Wildman–Crippen LogP) is 3.31. The molecule has 2 aromatic rings. The van der Waals surface area contributed by atoms with Gasteiger partial charge in [0.2, 0.25) is 0 Å². The maximum atomic E-state index is 6.22. The number of hydrogen-bond donors (Lipinski definition) is 1. The normalized spacial score (nSPS) is 12.4. The number of ether oxygens (including phenoxy) is 1. The van der Waals surface area contributed by atoms with Crippen molar-refractivity contribution in [1.29, 1.82) is 0 Å². The summed E-state index contributed by atoms with van der Waals surface area (Å²) >= 11 is 1.74. The van der Waals surface area contributed by atoms with Crippen LogP contribution in [-0.2, 0) is 6.42 Å².